The van der Waals surface area contributed by atoms with Gasteiger partial charge in [-0.05, 0) is 41.8 Å². The lowest BCUT2D eigenvalue weighted by molar-refractivity contribution is -0.126. The number of carbonyl (C=O) groups is 1. The molecular formula is C32H31ClFN7O2. The van der Waals surface area contributed by atoms with Crippen LogP contribution in [0.4, 0.5) is 15.9 Å². The fourth-order valence-corrected chi connectivity index (χ4v) is 5.76. The Morgan fingerprint density at radius 2 is 1.86 bits per heavy atom. The molecule has 0 bridgehead atoms. The van der Waals surface area contributed by atoms with Gasteiger partial charge in [0, 0.05) is 57.4 Å². The number of pyridine rings is 3. The van der Waals surface area contributed by atoms with Gasteiger partial charge >= 0.3 is 0 Å². The number of anilines is 2. The van der Waals surface area contributed by atoms with Crippen LogP contribution < -0.4 is 15.4 Å². The zero-order valence-electron chi connectivity index (χ0n) is 24.4. The lowest BCUT2D eigenvalue weighted by atomic mass is 10.0. The molecule has 9 nitrogen and oxygen atoms in total. The predicted octanol–water partition coefficient (Wildman–Crippen LogP) is 5.14. The van der Waals surface area contributed by atoms with E-state index < -0.39 is 11.4 Å². The second-order valence-electron chi connectivity index (χ2n) is 10.8. The molecule has 0 atom stereocenters. The number of aromatic nitrogens is 3. The van der Waals surface area contributed by atoms with Gasteiger partial charge < -0.3 is 14.7 Å². The molecule has 0 unspecified atom stereocenters. The molecule has 0 saturated carbocycles. The summed E-state index contributed by atoms with van der Waals surface area (Å²) in [7, 11) is 3.64. The van der Waals surface area contributed by atoms with Crippen molar-refractivity contribution in [2.24, 2.45) is 0 Å². The molecule has 1 amide bonds. The number of benzene rings is 1. The smallest absolute Gasteiger partial charge is 0.277 e. The van der Waals surface area contributed by atoms with Crippen LogP contribution in [0.5, 0.6) is 0 Å². The second-order valence-corrected chi connectivity index (χ2v) is 11.2. The molecule has 4 heterocycles. The number of amides is 1. The van der Waals surface area contributed by atoms with Gasteiger partial charge in [0.15, 0.2) is 11.5 Å². The van der Waals surface area contributed by atoms with Crippen molar-refractivity contribution in [3.63, 3.8) is 0 Å². The number of hydrogen-bond acceptors (Lipinski definition) is 7. The minimum Gasteiger partial charge on any atom is -0.366 e. The fraction of sp³-hybridized carbons (Fsp3) is 0.281. The average Bonchev–Trinajstić information content (AvgIpc) is 3.00. The van der Waals surface area contributed by atoms with Gasteiger partial charge in [-0.1, -0.05) is 44.2 Å². The topological polar surface area (TPSA) is 98.4 Å². The highest BCUT2D eigenvalue weighted by Crippen LogP contribution is 2.39. The zero-order valence-corrected chi connectivity index (χ0v) is 25.2. The maximum Gasteiger partial charge on any atom is 0.277 e. The van der Waals surface area contributed by atoms with Gasteiger partial charge in [-0.3, -0.25) is 14.2 Å². The average molecular weight is 600 g/mol. The summed E-state index contributed by atoms with van der Waals surface area (Å²) in [4.78, 5) is 41.5. The summed E-state index contributed by atoms with van der Waals surface area (Å²) in [5, 5.41) is 11.1. The second kappa shape index (κ2) is 11.9. The van der Waals surface area contributed by atoms with E-state index in [4.69, 9.17) is 16.6 Å². The Balaban J connectivity index is 1.91. The van der Waals surface area contributed by atoms with E-state index >= 15 is 4.39 Å². The summed E-state index contributed by atoms with van der Waals surface area (Å²) in [6.45, 7) is 9.06. The Bertz CT molecular complexity index is 1830. The minimum atomic E-state index is -0.582. The summed E-state index contributed by atoms with van der Waals surface area (Å²) >= 11 is 6.80. The molecule has 0 radical (unpaired) electrons. The van der Waals surface area contributed by atoms with Gasteiger partial charge in [0.1, 0.15) is 17.4 Å². The molecule has 1 aliphatic rings. The van der Waals surface area contributed by atoms with Crippen LogP contribution in [0.3, 0.4) is 0 Å². The fourth-order valence-electron chi connectivity index (χ4n) is 5.51. The van der Waals surface area contributed by atoms with Crippen LogP contribution >= 0.6 is 11.6 Å². The predicted molar refractivity (Wildman–Crippen MR) is 168 cm³/mol. The molecule has 11 heteroatoms. The molecular weight excluding hydrogens is 569 g/mol. The Labute approximate surface area is 254 Å². The highest BCUT2D eigenvalue weighted by Gasteiger charge is 2.30. The van der Waals surface area contributed by atoms with Crippen LogP contribution in [0.2, 0.25) is 5.02 Å². The van der Waals surface area contributed by atoms with Gasteiger partial charge in [0.25, 0.3) is 5.56 Å². The first kappa shape index (κ1) is 29.7. The number of halogens is 2. The Kier molecular flexibility index (Phi) is 8.20. The largest absolute Gasteiger partial charge is 0.366 e. The Hall–Kier alpha value is -4.75. The molecule has 1 aromatic carbocycles. The molecule has 0 N–H and O–H groups in total. The first-order valence-corrected chi connectivity index (χ1v) is 14.2. The van der Waals surface area contributed by atoms with Gasteiger partial charge in [-0.2, -0.15) is 5.26 Å². The number of piperazine rings is 1. The van der Waals surface area contributed by atoms with E-state index in [1.807, 2.05) is 38.9 Å². The summed E-state index contributed by atoms with van der Waals surface area (Å²) in [6, 6.07) is 11.8. The van der Waals surface area contributed by atoms with Gasteiger partial charge in [-0.15, -0.1) is 0 Å². The summed E-state index contributed by atoms with van der Waals surface area (Å²) in [5.41, 5.74) is 1.57. The zero-order chi connectivity index (χ0) is 31.0. The van der Waals surface area contributed by atoms with E-state index in [1.54, 1.807) is 40.3 Å². The van der Waals surface area contributed by atoms with Crippen molar-refractivity contribution in [3.05, 3.63) is 87.6 Å². The summed E-state index contributed by atoms with van der Waals surface area (Å²) in [6.07, 6.45) is 2.95. The van der Waals surface area contributed by atoms with E-state index in [2.05, 4.69) is 17.6 Å². The number of fused-ring (bicyclic) bond motifs is 1. The minimum absolute atomic E-state index is 0.0160. The third-order valence-corrected chi connectivity index (χ3v) is 7.89. The number of hydrogen-bond donors (Lipinski definition) is 0. The van der Waals surface area contributed by atoms with Crippen LogP contribution in [0.1, 0.15) is 30.9 Å². The number of nitriles is 1. The molecule has 5 rings (SSSR count). The normalized spacial score (nSPS) is 13.3. The quantitative estimate of drug-likeness (QED) is 0.283. The molecule has 3 aromatic heterocycles. The SMILES string of the molecule is C=CC(=O)N1CCN(c2c(C#N)c(=O)n(-c3c(C(C)C)ccnc3N(C)C)c3nc(-c4ccccc4F)c(Cl)cc23)CC1. The van der Waals surface area contributed by atoms with Gasteiger partial charge in [0.05, 0.1) is 22.1 Å². The van der Waals surface area contributed by atoms with E-state index in [0.29, 0.717) is 48.8 Å². The summed E-state index contributed by atoms with van der Waals surface area (Å²) < 4.78 is 16.5. The molecule has 43 heavy (non-hydrogen) atoms. The highest BCUT2D eigenvalue weighted by atomic mass is 35.5. The van der Waals surface area contributed by atoms with Crippen LogP contribution in [0, 0.1) is 17.1 Å². The molecule has 1 aliphatic heterocycles. The number of carbonyl (C=O) groups excluding carboxylic acids is 1. The maximum absolute atomic E-state index is 15.0. The standard InChI is InChI=1S/C32H31ClFN7O2/c1-6-26(42)39-13-15-40(16-14-39)28-22-17-24(33)27(21-9-7-8-10-25(21)34)37-30(22)41(32(43)23(28)18-35)29-20(19(2)3)11-12-36-31(29)38(4)5/h6-12,17,19H,1,13-16H2,2-5H3. The lowest BCUT2D eigenvalue weighted by Gasteiger charge is -2.36. The van der Waals surface area contributed by atoms with Crippen LogP contribution in [-0.2, 0) is 4.79 Å². The van der Waals surface area contributed by atoms with Crippen molar-refractivity contribution in [1.82, 2.24) is 19.4 Å². The van der Waals surface area contributed by atoms with Gasteiger partial charge in [-0.25, -0.2) is 14.4 Å². The van der Waals surface area contributed by atoms with Crippen molar-refractivity contribution >= 4 is 40.0 Å². The molecule has 4 aromatic rings. The Morgan fingerprint density at radius 3 is 2.47 bits per heavy atom. The van der Waals surface area contributed by atoms with Crippen molar-refractivity contribution in [3.8, 4) is 23.0 Å². The molecule has 1 saturated heterocycles. The maximum atomic E-state index is 15.0. The number of nitrogens with zero attached hydrogens (tertiary/aromatic N) is 7. The number of rotatable bonds is 6. The third-order valence-electron chi connectivity index (χ3n) is 7.60. The Morgan fingerprint density at radius 1 is 1.16 bits per heavy atom. The van der Waals surface area contributed by atoms with E-state index in [-0.39, 0.29) is 39.3 Å². The van der Waals surface area contributed by atoms with E-state index in [0.717, 1.165) is 5.56 Å². The van der Waals surface area contributed by atoms with Crippen LogP contribution in [0.25, 0.3) is 28.0 Å². The van der Waals surface area contributed by atoms with Crippen molar-refractivity contribution < 1.29 is 9.18 Å². The van der Waals surface area contributed by atoms with Crippen LogP contribution in [0.15, 0.2) is 60.0 Å². The van der Waals surface area contributed by atoms with E-state index in [9.17, 15) is 14.9 Å². The summed E-state index contributed by atoms with van der Waals surface area (Å²) in [5.74, 6) is -0.210. The van der Waals surface area contributed by atoms with Gasteiger partial charge in [0.2, 0.25) is 5.91 Å². The first-order chi connectivity index (χ1) is 20.6. The lowest BCUT2D eigenvalue weighted by Crippen LogP contribution is -2.49. The van der Waals surface area contributed by atoms with Crippen molar-refractivity contribution in [2.45, 2.75) is 19.8 Å². The molecule has 0 aliphatic carbocycles. The first-order valence-electron chi connectivity index (χ1n) is 13.9. The van der Waals surface area contributed by atoms with Crippen molar-refractivity contribution in [1.29, 1.82) is 5.26 Å². The molecule has 1 fully saturated rings. The van der Waals surface area contributed by atoms with E-state index in [1.165, 1.54) is 16.7 Å². The molecule has 220 valence electrons. The molecule has 0 spiro atoms. The van der Waals surface area contributed by atoms with Crippen molar-refractivity contribution in [2.75, 3.05) is 50.1 Å². The highest BCUT2D eigenvalue weighted by molar-refractivity contribution is 6.34. The third kappa shape index (κ3) is 5.21. The monoisotopic (exact) mass is 599 g/mol. The van der Waals surface area contributed by atoms with Crippen LogP contribution in [-0.4, -0.2) is 65.6 Å².